The molecule has 1 atom stereocenters. The molecule has 0 saturated heterocycles. The molecule has 0 fully saturated rings. The van der Waals surface area contributed by atoms with E-state index in [4.69, 9.17) is 4.74 Å². The van der Waals surface area contributed by atoms with Gasteiger partial charge in [-0.3, -0.25) is 4.98 Å². The zero-order chi connectivity index (χ0) is 15.5. The van der Waals surface area contributed by atoms with Crippen LogP contribution >= 0.6 is 0 Å². The number of ether oxygens (including phenoxy) is 1. The number of aromatic nitrogens is 2. The van der Waals surface area contributed by atoms with Crippen molar-refractivity contribution in [3.63, 3.8) is 0 Å². The van der Waals surface area contributed by atoms with Crippen molar-refractivity contribution >= 4 is 0 Å². The summed E-state index contributed by atoms with van der Waals surface area (Å²) in [6.45, 7) is 6.63. The van der Waals surface area contributed by atoms with E-state index in [0.717, 1.165) is 11.3 Å². The Bertz CT molecular complexity index is 588. The molecule has 1 aromatic carbocycles. The molecule has 4 nitrogen and oxygen atoms in total. The molecule has 2 aromatic rings. The molecule has 1 heterocycles. The lowest BCUT2D eigenvalue weighted by Gasteiger charge is -2.21. The van der Waals surface area contributed by atoms with E-state index in [1.165, 1.54) is 5.56 Å². The summed E-state index contributed by atoms with van der Waals surface area (Å²) in [4.78, 5) is 8.64. The average Bonchev–Trinajstić information content (AvgIpc) is 2.48. The molecule has 0 aliphatic rings. The lowest BCUT2D eigenvalue weighted by atomic mass is 9.86. The fourth-order valence-corrected chi connectivity index (χ4v) is 2.33. The largest absolute Gasteiger partial charge is 0.480 e. The minimum absolute atomic E-state index is 0.0392. The molecule has 0 radical (unpaired) electrons. The molecular formula is C17H23N3O. The van der Waals surface area contributed by atoms with E-state index in [9.17, 15) is 0 Å². The summed E-state index contributed by atoms with van der Waals surface area (Å²) in [5.41, 5.74) is 3.40. The van der Waals surface area contributed by atoms with Crippen molar-refractivity contribution in [1.29, 1.82) is 0 Å². The summed E-state index contributed by atoms with van der Waals surface area (Å²) < 4.78 is 5.31. The first kappa shape index (κ1) is 15.4. The van der Waals surface area contributed by atoms with E-state index in [2.05, 4.69) is 60.3 Å². The maximum absolute atomic E-state index is 5.31. The maximum Gasteiger partial charge on any atom is 0.237 e. The second-order valence-corrected chi connectivity index (χ2v) is 6.04. The van der Waals surface area contributed by atoms with Gasteiger partial charge in [-0.25, -0.2) is 4.98 Å². The van der Waals surface area contributed by atoms with Crippen molar-refractivity contribution in [3.05, 3.63) is 53.5 Å². The number of nitrogens with zero attached hydrogens (tertiary/aromatic N) is 2. The Morgan fingerprint density at radius 2 is 1.67 bits per heavy atom. The third-order valence-electron chi connectivity index (χ3n) is 3.56. The fourth-order valence-electron chi connectivity index (χ4n) is 2.33. The number of nitrogens with one attached hydrogen (secondary N) is 1. The van der Waals surface area contributed by atoms with Crippen LogP contribution in [0.3, 0.4) is 0 Å². The van der Waals surface area contributed by atoms with Crippen LogP contribution in [0.1, 0.15) is 43.6 Å². The van der Waals surface area contributed by atoms with Crippen LogP contribution in [-0.4, -0.2) is 24.1 Å². The molecular weight excluding hydrogens is 262 g/mol. The van der Waals surface area contributed by atoms with Gasteiger partial charge >= 0.3 is 0 Å². The van der Waals surface area contributed by atoms with Gasteiger partial charge in [-0.15, -0.1) is 0 Å². The Morgan fingerprint density at radius 1 is 1.05 bits per heavy atom. The van der Waals surface area contributed by atoms with Crippen molar-refractivity contribution < 1.29 is 4.74 Å². The van der Waals surface area contributed by atoms with Crippen molar-refractivity contribution in [3.8, 4) is 5.88 Å². The highest BCUT2D eigenvalue weighted by Gasteiger charge is 2.20. The van der Waals surface area contributed by atoms with E-state index in [-0.39, 0.29) is 11.5 Å². The number of hydrogen-bond donors (Lipinski definition) is 1. The first-order chi connectivity index (χ1) is 9.97. The van der Waals surface area contributed by atoms with Gasteiger partial charge in [0.05, 0.1) is 13.2 Å². The fraction of sp³-hybridized carbons (Fsp3) is 0.412. The summed E-state index contributed by atoms with van der Waals surface area (Å²) in [5, 5.41) is 3.29. The van der Waals surface area contributed by atoms with Gasteiger partial charge in [-0.2, -0.15) is 0 Å². The van der Waals surface area contributed by atoms with Gasteiger partial charge in [0.2, 0.25) is 5.88 Å². The molecule has 0 aliphatic heterocycles. The minimum Gasteiger partial charge on any atom is -0.480 e. The van der Waals surface area contributed by atoms with E-state index in [1.807, 2.05) is 7.05 Å². The zero-order valence-electron chi connectivity index (χ0n) is 13.3. The third-order valence-corrected chi connectivity index (χ3v) is 3.56. The molecule has 0 aliphatic carbocycles. The summed E-state index contributed by atoms with van der Waals surface area (Å²) in [6.07, 6.45) is 3.32. The zero-order valence-corrected chi connectivity index (χ0v) is 13.3. The van der Waals surface area contributed by atoms with Crippen LogP contribution in [0.4, 0.5) is 0 Å². The predicted octanol–water partition coefficient (Wildman–Crippen LogP) is 3.09. The van der Waals surface area contributed by atoms with Crippen LogP contribution in [0, 0.1) is 0 Å². The van der Waals surface area contributed by atoms with Crippen molar-refractivity contribution in [2.75, 3.05) is 14.2 Å². The standard InChI is InChI=1S/C17H23N3O/c1-17(2,3)13-8-6-12(7-9-13)14(18-4)15-16(21-5)20-11-10-19-15/h6-11,14,18H,1-5H3. The van der Waals surface area contributed by atoms with Crippen LogP contribution in [0.15, 0.2) is 36.7 Å². The molecule has 112 valence electrons. The molecule has 0 spiro atoms. The number of hydrogen-bond acceptors (Lipinski definition) is 4. The normalized spacial score (nSPS) is 13.0. The Morgan fingerprint density at radius 3 is 2.19 bits per heavy atom. The summed E-state index contributed by atoms with van der Waals surface area (Å²) in [6, 6.07) is 8.57. The van der Waals surface area contributed by atoms with Crippen molar-refractivity contribution in [2.45, 2.75) is 32.2 Å². The van der Waals surface area contributed by atoms with Crippen molar-refractivity contribution in [2.24, 2.45) is 0 Å². The van der Waals surface area contributed by atoms with Gasteiger partial charge < -0.3 is 10.1 Å². The molecule has 21 heavy (non-hydrogen) atoms. The highest BCUT2D eigenvalue weighted by Crippen LogP contribution is 2.28. The first-order valence-corrected chi connectivity index (χ1v) is 7.10. The lowest BCUT2D eigenvalue weighted by Crippen LogP contribution is -2.20. The number of benzene rings is 1. The van der Waals surface area contributed by atoms with Crippen LogP contribution in [0.2, 0.25) is 0 Å². The molecule has 1 unspecified atom stereocenters. The van der Waals surface area contributed by atoms with E-state index < -0.39 is 0 Å². The average molecular weight is 285 g/mol. The SMILES string of the molecule is CNC(c1ccc(C(C)(C)C)cc1)c1nccnc1OC. The third kappa shape index (κ3) is 3.39. The summed E-state index contributed by atoms with van der Waals surface area (Å²) in [5.74, 6) is 0.553. The van der Waals surface area contributed by atoms with Gasteiger partial charge in [0, 0.05) is 12.4 Å². The molecule has 0 saturated carbocycles. The van der Waals surface area contributed by atoms with E-state index in [1.54, 1.807) is 19.5 Å². The second kappa shape index (κ2) is 6.22. The highest BCUT2D eigenvalue weighted by molar-refractivity contribution is 5.35. The van der Waals surface area contributed by atoms with Crippen LogP contribution in [-0.2, 0) is 5.41 Å². The van der Waals surface area contributed by atoms with E-state index >= 15 is 0 Å². The van der Waals surface area contributed by atoms with Gasteiger partial charge in [0.15, 0.2) is 0 Å². The first-order valence-electron chi connectivity index (χ1n) is 7.10. The van der Waals surface area contributed by atoms with Gasteiger partial charge in [-0.1, -0.05) is 45.0 Å². The summed E-state index contributed by atoms with van der Waals surface area (Å²) >= 11 is 0. The van der Waals surface area contributed by atoms with Crippen LogP contribution in [0.5, 0.6) is 5.88 Å². The Kier molecular flexibility index (Phi) is 4.58. The molecule has 4 heteroatoms. The monoisotopic (exact) mass is 285 g/mol. The molecule has 1 aromatic heterocycles. The lowest BCUT2D eigenvalue weighted by molar-refractivity contribution is 0.384. The quantitative estimate of drug-likeness (QED) is 0.937. The van der Waals surface area contributed by atoms with E-state index in [0.29, 0.717) is 5.88 Å². The topological polar surface area (TPSA) is 47.0 Å². The van der Waals surface area contributed by atoms with Crippen LogP contribution in [0.25, 0.3) is 0 Å². The molecule has 2 rings (SSSR count). The Hall–Kier alpha value is -1.94. The number of rotatable bonds is 4. The Balaban J connectivity index is 2.38. The number of methoxy groups -OCH3 is 1. The van der Waals surface area contributed by atoms with Crippen molar-refractivity contribution in [1.82, 2.24) is 15.3 Å². The highest BCUT2D eigenvalue weighted by atomic mass is 16.5. The Labute approximate surface area is 126 Å². The smallest absolute Gasteiger partial charge is 0.237 e. The predicted molar refractivity (Wildman–Crippen MR) is 84.6 cm³/mol. The molecule has 1 N–H and O–H groups in total. The second-order valence-electron chi connectivity index (χ2n) is 6.04. The molecule has 0 amide bonds. The molecule has 0 bridgehead atoms. The van der Waals surface area contributed by atoms with Gasteiger partial charge in [0.1, 0.15) is 5.69 Å². The van der Waals surface area contributed by atoms with Gasteiger partial charge in [-0.05, 0) is 23.6 Å². The van der Waals surface area contributed by atoms with Gasteiger partial charge in [0.25, 0.3) is 0 Å². The van der Waals surface area contributed by atoms with Crippen LogP contribution < -0.4 is 10.1 Å². The summed E-state index contributed by atoms with van der Waals surface area (Å²) in [7, 11) is 3.53. The minimum atomic E-state index is -0.0392. The maximum atomic E-state index is 5.31.